The van der Waals surface area contributed by atoms with E-state index >= 15 is 0 Å². The minimum absolute atomic E-state index is 0.701. The third-order valence-corrected chi connectivity index (χ3v) is 1.47. The summed E-state index contributed by atoms with van der Waals surface area (Å²) in [4.78, 5) is 0. The normalized spacial score (nSPS) is 20.1. The Bertz CT molecular complexity index is 82.4. The Kier molecular flexibility index (Phi) is 2.10. The van der Waals surface area contributed by atoms with Crippen LogP contribution in [0.3, 0.4) is 0 Å². The Morgan fingerprint density at radius 2 is 2.12 bits per heavy atom. The van der Waals surface area contributed by atoms with Gasteiger partial charge in [-0.05, 0) is 25.2 Å². The third-order valence-electron chi connectivity index (χ3n) is 1.47. The van der Waals surface area contributed by atoms with E-state index in [1.54, 1.807) is 0 Å². The highest BCUT2D eigenvalue weighted by Crippen LogP contribution is 2.32. The summed E-state index contributed by atoms with van der Waals surface area (Å²) in [6.45, 7) is 0.701. The lowest BCUT2D eigenvalue weighted by Gasteiger charge is -1.82. The molecule has 1 saturated carbocycles. The molecule has 1 aliphatic carbocycles. The average Bonchev–Trinajstić information content (AvgIpc) is 2.51. The standard InChI is InChI=1S/C7H13N/c8-6-2-1-3-7-4-5-7/h1-2,7H,3-6,8H2/b2-1+. The fourth-order valence-corrected chi connectivity index (χ4v) is 0.738. The van der Waals surface area contributed by atoms with Crippen LogP contribution in [0, 0.1) is 5.92 Å². The molecule has 0 heterocycles. The second-order valence-electron chi connectivity index (χ2n) is 2.39. The van der Waals surface area contributed by atoms with Crippen LogP contribution in [0.4, 0.5) is 0 Å². The molecule has 1 heteroatoms. The molecular weight excluding hydrogens is 98.1 g/mol. The van der Waals surface area contributed by atoms with Crippen molar-refractivity contribution in [3.8, 4) is 0 Å². The van der Waals surface area contributed by atoms with Crippen molar-refractivity contribution in [2.75, 3.05) is 6.54 Å². The van der Waals surface area contributed by atoms with Gasteiger partial charge in [0.1, 0.15) is 0 Å². The van der Waals surface area contributed by atoms with Gasteiger partial charge in [-0.1, -0.05) is 12.2 Å². The second kappa shape index (κ2) is 2.88. The second-order valence-corrected chi connectivity index (χ2v) is 2.39. The van der Waals surface area contributed by atoms with Crippen molar-refractivity contribution in [3.63, 3.8) is 0 Å². The first-order valence-electron chi connectivity index (χ1n) is 3.28. The fourth-order valence-electron chi connectivity index (χ4n) is 0.738. The number of nitrogens with two attached hydrogens (primary N) is 1. The first kappa shape index (κ1) is 5.83. The molecule has 0 atom stereocenters. The monoisotopic (exact) mass is 111 g/mol. The van der Waals surface area contributed by atoms with E-state index in [0.717, 1.165) is 5.92 Å². The highest BCUT2D eigenvalue weighted by molar-refractivity contribution is 4.88. The number of allylic oxidation sites excluding steroid dienone is 1. The maximum atomic E-state index is 5.25. The molecule has 0 amide bonds. The van der Waals surface area contributed by atoms with Crippen LogP contribution >= 0.6 is 0 Å². The van der Waals surface area contributed by atoms with Crippen LogP contribution in [0.1, 0.15) is 19.3 Å². The van der Waals surface area contributed by atoms with Gasteiger partial charge in [-0.3, -0.25) is 0 Å². The molecule has 2 N–H and O–H groups in total. The Labute approximate surface area is 50.6 Å². The maximum Gasteiger partial charge on any atom is 0.0106 e. The van der Waals surface area contributed by atoms with Crippen LogP contribution in [0.2, 0.25) is 0 Å². The zero-order valence-corrected chi connectivity index (χ0v) is 5.14. The van der Waals surface area contributed by atoms with Crippen molar-refractivity contribution >= 4 is 0 Å². The minimum Gasteiger partial charge on any atom is -0.327 e. The topological polar surface area (TPSA) is 26.0 Å². The van der Waals surface area contributed by atoms with E-state index in [-0.39, 0.29) is 0 Å². The fraction of sp³-hybridized carbons (Fsp3) is 0.714. The van der Waals surface area contributed by atoms with Crippen LogP contribution in [0.25, 0.3) is 0 Å². The smallest absolute Gasteiger partial charge is 0.0106 e. The zero-order valence-electron chi connectivity index (χ0n) is 5.14. The Balaban J connectivity index is 1.93. The SMILES string of the molecule is NC/C=C/CC1CC1. The van der Waals surface area contributed by atoms with Gasteiger partial charge in [-0.2, -0.15) is 0 Å². The van der Waals surface area contributed by atoms with Gasteiger partial charge >= 0.3 is 0 Å². The van der Waals surface area contributed by atoms with Gasteiger partial charge in [0.05, 0.1) is 0 Å². The van der Waals surface area contributed by atoms with Crippen molar-refractivity contribution in [2.24, 2.45) is 11.7 Å². The molecule has 0 aromatic heterocycles. The molecule has 0 bridgehead atoms. The third kappa shape index (κ3) is 2.12. The van der Waals surface area contributed by atoms with Crippen LogP contribution in [0.5, 0.6) is 0 Å². The van der Waals surface area contributed by atoms with E-state index in [1.807, 2.05) is 6.08 Å². The summed E-state index contributed by atoms with van der Waals surface area (Å²) in [6.07, 6.45) is 8.37. The van der Waals surface area contributed by atoms with Crippen LogP contribution in [-0.2, 0) is 0 Å². The molecule has 1 rings (SSSR count). The predicted molar refractivity (Wildman–Crippen MR) is 35.5 cm³/mol. The van der Waals surface area contributed by atoms with E-state index in [0.29, 0.717) is 6.54 Å². The van der Waals surface area contributed by atoms with E-state index in [4.69, 9.17) is 5.73 Å². The van der Waals surface area contributed by atoms with Gasteiger partial charge in [0.2, 0.25) is 0 Å². The lowest BCUT2D eigenvalue weighted by atomic mass is 10.3. The average molecular weight is 111 g/mol. The van der Waals surface area contributed by atoms with Gasteiger partial charge in [0.25, 0.3) is 0 Å². The van der Waals surface area contributed by atoms with Gasteiger partial charge in [-0.15, -0.1) is 0 Å². The summed E-state index contributed by atoms with van der Waals surface area (Å²) in [7, 11) is 0. The van der Waals surface area contributed by atoms with Crippen molar-refractivity contribution in [1.82, 2.24) is 0 Å². The summed E-state index contributed by atoms with van der Waals surface area (Å²) in [5, 5.41) is 0. The molecule has 0 radical (unpaired) electrons. The molecule has 0 aromatic carbocycles. The molecule has 0 spiro atoms. The summed E-state index contributed by atoms with van der Waals surface area (Å²) in [5.74, 6) is 1.01. The summed E-state index contributed by atoms with van der Waals surface area (Å²) >= 11 is 0. The number of rotatable bonds is 3. The quantitative estimate of drug-likeness (QED) is 0.546. The molecule has 46 valence electrons. The number of hydrogen-bond donors (Lipinski definition) is 1. The van der Waals surface area contributed by atoms with Crippen molar-refractivity contribution < 1.29 is 0 Å². The van der Waals surface area contributed by atoms with E-state index in [2.05, 4.69) is 6.08 Å². The van der Waals surface area contributed by atoms with Crippen LogP contribution in [-0.4, -0.2) is 6.54 Å². The maximum absolute atomic E-state index is 5.25. The zero-order chi connectivity index (χ0) is 5.82. The van der Waals surface area contributed by atoms with E-state index in [9.17, 15) is 0 Å². The molecule has 0 aliphatic heterocycles. The van der Waals surface area contributed by atoms with Gasteiger partial charge in [0, 0.05) is 6.54 Å². The van der Waals surface area contributed by atoms with Crippen molar-refractivity contribution in [1.29, 1.82) is 0 Å². The lowest BCUT2D eigenvalue weighted by Crippen LogP contribution is -1.91. The Hall–Kier alpha value is -0.300. The first-order valence-corrected chi connectivity index (χ1v) is 3.28. The van der Waals surface area contributed by atoms with Crippen LogP contribution < -0.4 is 5.73 Å². The summed E-state index contributed by atoms with van der Waals surface area (Å²) < 4.78 is 0. The Morgan fingerprint density at radius 1 is 1.38 bits per heavy atom. The molecule has 1 nitrogen and oxygen atoms in total. The lowest BCUT2D eigenvalue weighted by molar-refractivity contribution is 0.860. The van der Waals surface area contributed by atoms with Gasteiger partial charge in [-0.25, -0.2) is 0 Å². The van der Waals surface area contributed by atoms with E-state index < -0.39 is 0 Å². The van der Waals surface area contributed by atoms with Gasteiger partial charge < -0.3 is 5.73 Å². The highest BCUT2D eigenvalue weighted by Gasteiger charge is 2.18. The predicted octanol–water partition coefficient (Wildman–Crippen LogP) is 1.30. The van der Waals surface area contributed by atoms with Crippen LogP contribution in [0.15, 0.2) is 12.2 Å². The van der Waals surface area contributed by atoms with Gasteiger partial charge in [0.15, 0.2) is 0 Å². The first-order chi connectivity index (χ1) is 3.93. The van der Waals surface area contributed by atoms with E-state index in [1.165, 1.54) is 19.3 Å². The molecule has 8 heavy (non-hydrogen) atoms. The highest BCUT2D eigenvalue weighted by atomic mass is 14.5. The number of hydrogen-bond acceptors (Lipinski definition) is 1. The van der Waals surface area contributed by atoms with Crippen molar-refractivity contribution in [2.45, 2.75) is 19.3 Å². The largest absolute Gasteiger partial charge is 0.327 e. The summed E-state index contributed by atoms with van der Waals surface area (Å²) in [6, 6.07) is 0. The van der Waals surface area contributed by atoms with Crippen molar-refractivity contribution in [3.05, 3.63) is 12.2 Å². The Morgan fingerprint density at radius 3 is 2.62 bits per heavy atom. The molecule has 0 unspecified atom stereocenters. The molecule has 1 aliphatic rings. The molecular formula is C7H13N. The summed E-state index contributed by atoms with van der Waals surface area (Å²) in [5.41, 5.74) is 5.25. The molecule has 1 fully saturated rings. The minimum atomic E-state index is 0.701. The molecule has 0 aromatic rings. The molecule has 0 saturated heterocycles.